The SMILES string of the molecule is COc1cc(C(=O)NCCOCCOCCN(C)C(=O)CCNc2nc(N3CCNCC3)c3cc(Cl)c(C4=C(F)C=CC[C@]4(C)O)c(F)c3n2)ccc1NC(=O)[C@@H]1N[C@@H](CC(C)(C)C)[C@](C#N)(c2ccc(Cl)cc2F)[C@H]1c1cccc(Cl)c1F. The monoisotopic (exact) mass is 1220 g/mol. The highest BCUT2D eigenvalue weighted by Crippen LogP contribution is 2.53. The second-order valence-corrected chi connectivity index (χ2v) is 23.5. The summed E-state index contributed by atoms with van der Waals surface area (Å²) in [6.45, 7) is 10.9. The Bertz CT molecular complexity index is 3390. The molecule has 2 fully saturated rings. The summed E-state index contributed by atoms with van der Waals surface area (Å²) in [4.78, 5) is 53.6. The van der Waals surface area contributed by atoms with E-state index in [0.29, 0.717) is 37.4 Å². The van der Waals surface area contributed by atoms with Gasteiger partial charge in [0.05, 0.1) is 67.0 Å². The summed E-state index contributed by atoms with van der Waals surface area (Å²) in [5, 5.41) is 37.6. The highest BCUT2D eigenvalue weighted by atomic mass is 35.5. The quantitative estimate of drug-likeness (QED) is 0.0281. The fraction of sp³-hybridized carbons (Fsp3) is 0.433. The van der Waals surface area contributed by atoms with Gasteiger partial charge in [-0.15, -0.1) is 0 Å². The number of piperazine rings is 1. The largest absolute Gasteiger partial charge is 0.495 e. The van der Waals surface area contributed by atoms with Crippen LogP contribution in [0, 0.1) is 34.2 Å². The smallest absolute Gasteiger partial charge is 0.251 e. The molecule has 448 valence electrons. The lowest BCUT2D eigenvalue weighted by Crippen LogP contribution is -2.45. The molecule has 0 unspecified atom stereocenters. The van der Waals surface area contributed by atoms with Gasteiger partial charge in [0.1, 0.15) is 40.0 Å². The second-order valence-electron chi connectivity index (χ2n) is 22.2. The molecule has 17 nitrogen and oxygen atoms in total. The molecule has 3 amide bonds. The summed E-state index contributed by atoms with van der Waals surface area (Å²) in [6.07, 6.45) is 3.01. The molecule has 5 aromatic rings. The number of amides is 3. The Hall–Kier alpha value is -6.61. The van der Waals surface area contributed by atoms with Crippen LogP contribution in [-0.4, -0.2) is 142 Å². The van der Waals surface area contributed by atoms with Crippen LogP contribution in [0.5, 0.6) is 5.75 Å². The average Bonchev–Trinajstić information content (AvgIpc) is 1.53. The zero-order valence-corrected chi connectivity index (χ0v) is 49.6. The fourth-order valence-electron chi connectivity index (χ4n) is 11.0. The van der Waals surface area contributed by atoms with Gasteiger partial charge in [-0.1, -0.05) is 79.8 Å². The van der Waals surface area contributed by atoms with Crippen LogP contribution in [0.1, 0.15) is 79.9 Å². The van der Waals surface area contributed by atoms with Gasteiger partial charge in [0, 0.05) is 104 Å². The molecule has 84 heavy (non-hydrogen) atoms. The van der Waals surface area contributed by atoms with Crippen molar-refractivity contribution in [1.29, 1.82) is 5.26 Å². The number of hydrogen-bond donors (Lipinski definition) is 6. The van der Waals surface area contributed by atoms with Crippen molar-refractivity contribution in [2.75, 3.05) is 102 Å². The molecule has 1 aromatic heterocycles. The van der Waals surface area contributed by atoms with Crippen LogP contribution >= 0.6 is 34.8 Å². The first-order valence-corrected chi connectivity index (χ1v) is 28.5. The Labute approximate surface area is 500 Å². The normalized spacial score (nSPS) is 20.7. The number of likely N-dealkylation sites (N-methyl/N-ethyl adjacent to an activating group) is 1. The molecular formula is C60H67Cl3F4N10O7. The van der Waals surface area contributed by atoms with E-state index in [-0.39, 0.29) is 137 Å². The fourth-order valence-corrected chi connectivity index (χ4v) is 11.6. The summed E-state index contributed by atoms with van der Waals surface area (Å²) in [7, 11) is 2.99. The van der Waals surface area contributed by atoms with Crippen LogP contribution in [0.2, 0.25) is 15.1 Å². The number of aliphatic hydroxyl groups is 1. The molecular weight excluding hydrogens is 1160 g/mol. The molecule has 2 aliphatic heterocycles. The zero-order chi connectivity index (χ0) is 60.7. The third kappa shape index (κ3) is 14.0. The number of allylic oxidation sites excluding steroid dienone is 2. The van der Waals surface area contributed by atoms with E-state index in [4.69, 9.17) is 54.0 Å². The van der Waals surface area contributed by atoms with E-state index in [0.717, 1.165) is 6.07 Å². The number of ether oxygens (including phenoxy) is 3. The van der Waals surface area contributed by atoms with Crippen molar-refractivity contribution < 1.29 is 51.3 Å². The van der Waals surface area contributed by atoms with Crippen molar-refractivity contribution in [1.82, 2.24) is 30.8 Å². The van der Waals surface area contributed by atoms with Crippen LogP contribution in [0.15, 0.2) is 78.6 Å². The van der Waals surface area contributed by atoms with Gasteiger partial charge in [0.25, 0.3) is 5.91 Å². The third-order valence-electron chi connectivity index (χ3n) is 15.1. The maximum atomic E-state index is 16.6. The first-order chi connectivity index (χ1) is 40.0. The molecule has 1 aliphatic carbocycles. The van der Waals surface area contributed by atoms with E-state index < -0.39 is 69.5 Å². The summed E-state index contributed by atoms with van der Waals surface area (Å²) in [5.74, 6) is -5.43. The molecule has 4 aromatic carbocycles. The highest BCUT2D eigenvalue weighted by Gasteiger charge is 2.61. The maximum absolute atomic E-state index is 16.6. The predicted octanol–water partition coefficient (Wildman–Crippen LogP) is 9.50. The Morgan fingerprint density at radius 3 is 2.37 bits per heavy atom. The second kappa shape index (κ2) is 27.2. The summed E-state index contributed by atoms with van der Waals surface area (Å²) in [6, 6.07) is 14.2. The number of halogens is 7. The van der Waals surface area contributed by atoms with E-state index in [9.17, 15) is 24.8 Å². The van der Waals surface area contributed by atoms with Crippen LogP contribution in [0.25, 0.3) is 16.5 Å². The highest BCUT2D eigenvalue weighted by molar-refractivity contribution is 6.33. The number of nitriles is 1. The molecule has 0 saturated carbocycles. The number of benzene rings is 4. The lowest BCUT2D eigenvalue weighted by molar-refractivity contribution is -0.130. The minimum atomic E-state index is -1.84. The van der Waals surface area contributed by atoms with Crippen molar-refractivity contribution in [3.63, 3.8) is 0 Å². The number of aromatic nitrogens is 2. The van der Waals surface area contributed by atoms with E-state index in [2.05, 4.69) is 37.6 Å². The number of rotatable bonds is 22. The molecule has 6 N–H and O–H groups in total. The molecule has 24 heteroatoms. The van der Waals surface area contributed by atoms with Crippen molar-refractivity contribution in [2.24, 2.45) is 5.41 Å². The maximum Gasteiger partial charge on any atom is 0.251 e. The first kappa shape index (κ1) is 63.4. The van der Waals surface area contributed by atoms with Gasteiger partial charge in [-0.05, 0) is 79.3 Å². The van der Waals surface area contributed by atoms with E-state index in [1.807, 2.05) is 25.7 Å². The number of methoxy groups -OCH3 is 1. The Morgan fingerprint density at radius 1 is 0.940 bits per heavy atom. The number of carbonyl (C=O) groups is 3. The van der Waals surface area contributed by atoms with Gasteiger partial charge in [-0.2, -0.15) is 10.2 Å². The molecule has 0 bridgehead atoms. The molecule has 3 aliphatic rings. The topological polar surface area (TPSA) is 215 Å². The van der Waals surface area contributed by atoms with Crippen LogP contribution in [0.4, 0.5) is 35.0 Å². The first-order valence-electron chi connectivity index (χ1n) is 27.4. The number of anilines is 3. The van der Waals surface area contributed by atoms with Gasteiger partial charge >= 0.3 is 0 Å². The Balaban J connectivity index is 0.806. The summed E-state index contributed by atoms with van der Waals surface area (Å²) < 4.78 is 81.1. The van der Waals surface area contributed by atoms with E-state index in [1.165, 1.54) is 85.7 Å². The molecule has 0 spiro atoms. The van der Waals surface area contributed by atoms with E-state index in [1.54, 1.807) is 7.05 Å². The zero-order valence-electron chi connectivity index (χ0n) is 47.3. The number of hydrogen-bond acceptors (Lipinski definition) is 14. The lowest BCUT2D eigenvalue weighted by atomic mass is 9.62. The minimum absolute atomic E-state index is 0.0395. The third-order valence-corrected chi connectivity index (χ3v) is 15.9. The standard InChI is InChI=1S/C60H67Cl3F4N10O7/c1-58(2,3)32-45-60(33-68,38-14-13-35(61)30-42(38)65)48(36-9-7-10-39(62)50(36)66)53(73-45)56(80)72-43-15-12-34(29-44(43)82-6)55(79)70-21-25-83-27-28-84-26-24-76(5)46(78)16-18-71-57-74-52-37(54(75-57)77-22-19-69-20-23-77)31-40(63)47(51(52)67)49-41(64)11-8-17-59(49,4)81/h7-15,29-31,45,48,53,69,73,81H,16-28,32H2,1-6H3,(H,70,79)(H,72,80)(H,71,74,75)/t45-,48-,53+,59-,60-/m0/s1. The van der Waals surface area contributed by atoms with E-state index >= 15 is 17.6 Å². The van der Waals surface area contributed by atoms with Gasteiger partial charge in [0.2, 0.25) is 17.8 Å². The average molecular weight is 1220 g/mol. The molecule has 8 rings (SSSR count). The minimum Gasteiger partial charge on any atom is -0.495 e. The number of nitrogens with one attached hydrogen (secondary N) is 5. The van der Waals surface area contributed by atoms with Crippen LogP contribution in [0.3, 0.4) is 0 Å². The molecule has 0 radical (unpaired) electrons. The number of carbonyl (C=O) groups excluding carboxylic acids is 3. The Morgan fingerprint density at radius 2 is 1.68 bits per heavy atom. The van der Waals surface area contributed by atoms with Crippen molar-refractivity contribution in [3.8, 4) is 11.8 Å². The van der Waals surface area contributed by atoms with Gasteiger partial charge < -0.3 is 55.7 Å². The van der Waals surface area contributed by atoms with Gasteiger partial charge in [-0.3, -0.25) is 14.4 Å². The van der Waals surface area contributed by atoms with Crippen molar-refractivity contribution in [2.45, 2.75) is 76.0 Å². The van der Waals surface area contributed by atoms with Crippen molar-refractivity contribution >= 4 is 86.5 Å². The van der Waals surface area contributed by atoms with Crippen LogP contribution < -0.4 is 36.2 Å². The van der Waals surface area contributed by atoms with Crippen molar-refractivity contribution in [3.05, 3.63) is 133 Å². The summed E-state index contributed by atoms with van der Waals surface area (Å²) >= 11 is 19.1. The molecule has 2 saturated heterocycles. The number of fused-ring (bicyclic) bond motifs is 1. The Kier molecular flexibility index (Phi) is 20.5. The van der Waals surface area contributed by atoms with Gasteiger partial charge in [-0.25, -0.2) is 22.5 Å². The van der Waals surface area contributed by atoms with Gasteiger partial charge in [0.15, 0.2) is 5.82 Å². The number of nitrogens with zero attached hydrogens (tertiary/aromatic N) is 5. The van der Waals surface area contributed by atoms with Crippen LogP contribution in [-0.2, 0) is 24.5 Å². The predicted molar refractivity (Wildman–Crippen MR) is 316 cm³/mol. The molecule has 5 atom stereocenters. The lowest BCUT2D eigenvalue weighted by Gasteiger charge is -2.37. The summed E-state index contributed by atoms with van der Waals surface area (Å²) in [5.41, 5.74) is -4.45. The molecule has 3 heterocycles.